The van der Waals surface area contributed by atoms with Crippen LogP contribution in [0.15, 0.2) is 0 Å². The second-order valence-corrected chi connectivity index (χ2v) is 4.88. The summed E-state index contributed by atoms with van der Waals surface area (Å²) in [5.41, 5.74) is 0.326. The van der Waals surface area contributed by atoms with E-state index in [9.17, 15) is 0 Å². The van der Waals surface area contributed by atoms with Gasteiger partial charge in [0.2, 0.25) is 0 Å². The zero-order chi connectivity index (χ0) is 10.3. The summed E-state index contributed by atoms with van der Waals surface area (Å²) in [7, 11) is 0. The summed E-state index contributed by atoms with van der Waals surface area (Å²) in [5.74, 6) is 0.794. The third kappa shape index (κ3) is 3.78. The molecule has 84 valence electrons. The van der Waals surface area contributed by atoms with Crippen LogP contribution in [0.1, 0.15) is 58.3 Å². The molecule has 2 heteroatoms. The van der Waals surface area contributed by atoms with E-state index in [-0.39, 0.29) is 0 Å². The zero-order valence-corrected chi connectivity index (χ0v) is 10.2. The zero-order valence-electron chi connectivity index (χ0n) is 9.45. The largest absolute Gasteiger partial charge is 0.310 e. The molecule has 1 aliphatic rings. The highest BCUT2D eigenvalue weighted by Gasteiger charge is 2.34. The first-order chi connectivity index (χ1) is 6.83. The van der Waals surface area contributed by atoms with Crippen LogP contribution in [-0.4, -0.2) is 18.0 Å². The molecule has 1 fully saturated rings. The maximum Gasteiger partial charge on any atom is 0.0406 e. The third-order valence-corrected chi connectivity index (χ3v) is 3.86. The molecule has 1 nitrogen and oxygen atoms in total. The van der Waals surface area contributed by atoms with Gasteiger partial charge < -0.3 is 5.32 Å². The standard InChI is InChI=1S/C12H24ClN/c1-2-3-4-5-6-10-14-12(11-13)8-7-9-12/h14H,2-11H2,1H3. The second-order valence-electron chi connectivity index (χ2n) is 4.61. The monoisotopic (exact) mass is 217 g/mol. The minimum absolute atomic E-state index is 0.326. The summed E-state index contributed by atoms with van der Waals surface area (Å²) in [6.07, 6.45) is 10.7. The van der Waals surface area contributed by atoms with Gasteiger partial charge in [-0.1, -0.05) is 32.6 Å². The number of halogens is 1. The van der Waals surface area contributed by atoms with Gasteiger partial charge in [0.1, 0.15) is 0 Å². The van der Waals surface area contributed by atoms with Crippen molar-refractivity contribution in [3.63, 3.8) is 0 Å². The average Bonchev–Trinajstić information content (AvgIpc) is 2.15. The number of hydrogen-bond donors (Lipinski definition) is 1. The van der Waals surface area contributed by atoms with Crippen LogP contribution in [0, 0.1) is 0 Å². The van der Waals surface area contributed by atoms with E-state index in [1.807, 2.05) is 0 Å². The van der Waals surface area contributed by atoms with E-state index < -0.39 is 0 Å². The van der Waals surface area contributed by atoms with Crippen molar-refractivity contribution in [2.75, 3.05) is 12.4 Å². The summed E-state index contributed by atoms with van der Waals surface area (Å²) in [6, 6.07) is 0. The molecular formula is C12H24ClN. The fraction of sp³-hybridized carbons (Fsp3) is 1.00. The Morgan fingerprint density at radius 1 is 1.14 bits per heavy atom. The Labute approximate surface area is 93.6 Å². The van der Waals surface area contributed by atoms with Crippen LogP contribution < -0.4 is 5.32 Å². The molecule has 0 heterocycles. The van der Waals surface area contributed by atoms with E-state index >= 15 is 0 Å². The topological polar surface area (TPSA) is 12.0 Å². The quantitative estimate of drug-likeness (QED) is 0.483. The highest BCUT2D eigenvalue weighted by molar-refractivity contribution is 6.18. The number of alkyl halides is 1. The third-order valence-electron chi connectivity index (χ3n) is 3.35. The summed E-state index contributed by atoms with van der Waals surface area (Å²) in [4.78, 5) is 0. The number of nitrogens with one attached hydrogen (secondary N) is 1. The predicted molar refractivity (Wildman–Crippen MR) is 64.1 cm³/mol. The molecule has 0 atom stereocenters. The van der Waals surface area contributed by atoms with E-state index in [4.69, 9.17) is 11.6 Å². The lowest BCUT2D eigenvalue weighted by Crippen LogP contribution is -2.52. The second kappa shape index (κ2) is 6.68. The minimum Gasteiger partial charge on any atom is -0.310 e. The number of unbranched alkanes of at least 4 members (excludes halogenated alkanes) is 4. The molecule has 0 aromatic carbocycles. The Balaban J connectivity index is 1.92. The van der Waals surface area contributed by atoms with Gasteiger partial charge >= 0.3 is 0 Å². The number of rotatable bonds is 8. The molecule has 0 radical (unpaired) electrons. The summed E-state index contributed by atoms with van der Waals surface area (Å²) < 4.78 is 0. The van der Waals surface area contributed by atoms with Crippen LogP contribution in [0.2, 0.25) is 0 Å². The Morgan fingerprint density at radius 3 is 2.36 bits per heavy atom. The van der Waals surface area contributed by atoms with Gasteiger partial charge in [-0.2, -0.15) is 0 Å². The first-order valence-electron chi connectivity index (χ1n) is 6.14. The molecule has 1 aliphatic carbocycles. The Bertz CT molecular complexity index is 138. The molecule has 1 rings (SSSR count). The van der Waals surface area contributed by atoms with E-state index in [1.165, 1.54) is 51.4 Å². The van der Waals surface area contributed by atoms with Crippen molar-refractivity contribution in [2.24, 2.45) is 0 Å². The predicted octanol–water partition coefficient (Wildman–Crippen LogP) is 3.71. The molecule has 0 spiro atoms. The molecule has 1 N–H and O–H groups in total. The molecule has 0 amide bonds. The van der Waals surface area contributed by atoms with E-state index in [0.717, 1.165) is 12.4 Å². The van der Waals surface area contributed by atoms with Crippen LogP contribution in [0.3, 0.4) is 0 Å². The van der Waals surface area contributed by atoms with Crippen molar-refractivity contribution in [3.05, 3.63) is 0 Å². The van der Waals surface area contributed by atoms with Gasteiger partial charge in [-0.15, -0.1) is 11.6 Å². The smallest absolute Gasteiger partial charge is 0.0406 e. The maximum atomic E-state index is 5.96. The maximum absolute atomic E-state index is 5.96. The summed E-state index contributed by atoms with van der Waals surface area (Å²) in [6.45, 7) is 3.42. The van der Waals surface area contributed by atoms with Crippen molar-refractivity contribution in [1.82, 2.24) is 5.32 Å². The van der Waals surface area contributed by atoms with Gasteiger partial charge in [-0.25, -0.2) is 0 Å². The molecule has 0 aromatic rings. The number of hydrogen-bond acceptors (Lipinski definition) is 1. The van der Waals surface area contributed by atoms with E-state index in [0.29, 0.717) is 5.54 Å². The Kier molecular flexibility index (Phi) is 5.88. The van der Waals surface area contributed by atoms with Gasteiger partial charge in [0.05, 0.1) is 0 Å². The van der Waals surface area contributed by atoms with Crippen molar-refractivity contribution in [1.29, 1.82) is 0 Å². The van der Waals surface area contributed by atoms with Crippen molar-refractivity contribution >= 4 is 11.6 Å². The lowest BCUT2D eigenvalue weighted by atomic mass is 9.78. The van der Waals surface area contributed by atoms with Crippen LogP contribution in [0.4, 0.5) is 0 Å². The summed E-state index contributed by atoms with van der Waals surface area (Å²) in [5, 5.41) is 3.63. The molecule has 1 saturated carbocycles. The first-order valence-corrected chi connectivity index (χ1v) is 6.67. The molecule has 0 bridgehead atoms. The van der Waals surface area contributed by atoms with Crippen molar-refractivity contribution < 1.29 is 0 Å². The highest BCUT2D eigenvalue weighted by atomic mass is 35.5. The van der Waals surface area contributed by atoms with Crippen molar-refractivity contribution in [3.8, 4) is 0 Å². The normalized spacial score (nSPS) is 19.3. The van der Waals surface area contributed by atoms with Gasteiger partial charge in [-0.05, 0) is 32.2 Å². The van der Waals surface area contributed by atoms with Crippen LogP contribution in [-0.2, 0) is 0 Å². The van der Waals surface area contributed by atoms with E-state index in [1.54, 1.807) is 0 Å². The fourth-order valence-corrected chi connectivity index (χ4v) is 2.41. The lowest BCUT2D eigenvalue weighted by molar-refractivity contribution is 0.212. The molecule has 0 aliphatic heterocycles. The molecular weight excluding hydrogens is 194 g/mol. The first kappa shape index (κ1) is 12.3. The van der Waals surface area contributed by atoms with Gasteiger partial charge in [-0.3, -0.25) is 0 Å². The molecule has 0 unspecified atom stereocenters. The SMILES string of the molecule is CCCCCCCNC1(CCl)CCC1. The minimum atomic E-state index is 0.326. The van der Waals surface area contributed by atoms with Crippen LogP contribution in [0.5, 0.6) is 0 Å². The highest BCUT2D eigenvalue weighted by Crippen LogP contribution is 2.32. The fourth-order valence-electron chi connectivity index (χ4n) is 2.04. The summed E-state index contributed by atoms with van der Waals surface area (Å²) >= 11 is 5.96. The van der Waals surface area contributed by atoms with Gasteiger partial charge in [0, 0.05) is 11.4 Å². The van der Waals surface area contributed by atoms with Crippen LogP contribution >= 0.6 is 11.6 Å². The Morgan fingerprint density at radius 2 is 1.86 bits per heavy atom. The molecule has 0 aromatic heterocycles. The van der Waals surface area contributed by atoms with E-state index in [2.05, 4.69) is 12.2 Å². The van der Waals surface area contributed by atoms with Crippen molar-refractivity contribution in [2.45, 2.75) is 63.8 Å². The lowest BCUT2D eigenvalue weighted by Gasteiger charge is -2.41. The van der Waals surface area contributed by atoms with Crippen LogP contribution in [0.25, 0.3) is 0 Å². The molecule has 0 saturated heterocycles. The molecule has 14 heavy (non-hydrogen) atoms. The van der Waals surface area contributed by atoms with Gasteiger partial charge in [0.15, 0.2) is 0 Å². The average molecular weight is 218 g/mol. The Hall–Kier alpha value is 0.250. The van der Waals surface area contributed by atoms with Gasteiger partial charge in [0.25, 0.3) is 0 Å².